The van der Waals surface area contributed by atoms with E-state index in [1.54, 1.807) is 7.11 Å². The lowest BCUT2D eigenvalue weighted by Gasteiger charge is -2.30. The van der Waals surface area contributed by atoms with Crippen LogP contribution in [0.25, 0.3) is 0 Å². The first-order chi connectivity index (χ1) is 10.2. The average Bonchev–Trinajstić information content (AvgIpc) is 2.52. The molecule has 1 fully saturated rings. The number of rotatable bonds is 7. The molecule has 1 aliphatic rings. The number of hydrogen-bond donors (Lipinski definition) is 1. The third-order valence-corrected chi connectivity index (χ3v) is 4.17. The number of ether oxygens (including phenoxy) is 1. The molecule has 21 heavy (non-hydrogen) atoms. The number of anilines is 1. The Morgan fingerprint density at radius 3 is 2.62 bits per heavy atom. The molecule has 1 aromatic carbocycles. The fraction of sp³-hybridized carbons (Fsp3) is 0.667. The van der Waals surface area contributed by atoms with Crippen molar-refractivity contribution in [2.75, 3.05) is 31.6 Å². The van der Waals surface area contributed by atoms with Crippen LogP contribution >= 0.6 is 0 Å². The number of piperidine rings is 1. The highest BCUT2D eigenvalue weighted by Gasteiger charge is 2.15. The summed E-state index contributed by atoms with van der Waals surface area (Å²) in [7, 11) is 1.78. The first-order valence-electron chi connectivity index (χ1n) is 8.33. The van der Waals surface area contributed by atoms with Gasteiger partial charge in [0.2, 0.25) is 0 Å². The molecule has 0 amide bonds. The molecular weight excluding hydrogens is 260 g/mol. The Balaban J connectivity index is 1.95. The Hall–Kier alpha value is -1.22. The molecule has 118 valence electrons. The van der Waals surface area contributed by atoms with Crippen LogP contribution in [0.2, 0.25) is 0 Å². The molecule has 0 saturated carbocycles. The minimum Gasteiger partial charge on any atom is -0.495 e. The fourth-order valence-electron chi connectivity index (χ4n) is 2.85. The van der Waals surface area contributed by atoms with E-state index in [9.17, 15) is 0 Å². The Morgan fingerprint density at radius 1 is 1.19 bits per heavy atom. The molecule has 0 radical (unpaired) electrons. The second-order valence-electron chi connectivity index (χ2n) is 6.41. The van der Waals surface area contributed by atoms with E-state index < -0.39 is 0 Å². The number of nitrogens with one attached hydrogen (secondary N) is 1. The molecule has 2 rings (SSSR count). The van der Waals surface area contributed by atoms with E-state index >= 15 is 0 Å². The van der Waals surface area contributed by atoms with Crippen molar-refractivity contribution < 1.29 is 4.74 Å². The van der Waals surface area contributed by atoms with E-state index in [-0.39, 0.29) is 0 Å². The molecule has 0 unspecified atom stereocenters. The van der Waals surface area contributed by atoms with Crippen LogP contribution in [0.5, 0.6) is 5.75 Å². The van der Waals surface area contributed by atoms with Crippen LogP contribution in [0.3, 0.4) is 0 Å². The predicted molar refractivity (Wildman–Crippen MR) is 90.2 cm³/mol. The molecule has 1 N–H and O–H groups in total. The van der Waals surface area contributed by atoms with Crippen molar-refractivity contribution in [2.24, 2.45) is 5.92 Å². The van der Waals surface area contributed by atoms with Gasteiger partial charge in [-0.25, -0.2) is 0 Å². The van der Waals surface area contributed by atoms with Crippen LogP contribution in [0.15, 0.2) is 18.2 Å². The fourth-order valence-corrected chi connectivity index (χ4v) is 2.85. The Labute approximate surface area is 129 Å². The van der Waals surface area contributed by atoms with Crippen LogP contribution in [0.1, 0.15) is 45.1 Å². The van der Waals surface area contributed by atoms with Crippen LogP contribution in [-0.4, -0.2) is 26.7 Å². The van der Waals surface area contributed by atoms with E-state index in [0.717, 1.165) is 37.8 Å². The summed E-state index contributed by atoms with van der Waals surface area (Å²) < 4.78 is 5.61. The predicted octanol–water partition coefficient (Wildman–Crippen LogP) is 3.82. The van der Waals surface area contributed by atoms with Gasteiger partial charge in [0.15, 0.2) is 0 Å². The molecule has 1 saturated heterocycles. The second-order valence-corrected chi connectivity index (χ2v) is 6.41. The molecule has 0 aromatic heterocycles. The monoisotopic (exact) mass is 290 g/mol. The summed E-state index contributed by atoms with van der Waals surface area (Å²) in [4.78, 5) is 2.46. The van der Waals surface area contributed by atoms with Crippen molar-refractivity contribution in [3.8, 4) is 5.75 Å². The van der Waals surface area contributed by atoms with Gasteiger partial charge in [0.05, 0.1) is 12.8 Å². The molecule has 0 aliphatic carbocycles. The summed E-state index contributed by atoms with van der Waals surface area (Å²) in [6.45, 7) is 8.83. The maximum absolute atomic E-state index is 5.61. The van der Waals surface area contributed by atoms with Gasteiger partial charge < -0.3 is 15.0 Å². The molecule has 1 aliphatic heterocycles. The molecule has 0 spiro atoms. The Morgan fingerprint density at radius 2 is 1.95 bits per heavy atom. The smallest absolute Gasteiger partial charge is 0.142 e. The Kier molecular flexibility index (Phi) is 6.37. The maximum Gasteiger partial charge on any atom is 0.142 e. The molecule has 0 atom stereocenters. The summed E-state index contributed by atoms with van der Waals surface area (Å²) >= 11 is 0. The van der Waals surface area contributed by atoms with Crippen molar-refractivity contribution in [1.82, 2.24) is 5.32 Å². The van der Waals surface area contributed by atoms with E-state index in [2.05, 4.69) is 42.3 Å². The van der Waals surface area contributed by atoms with Crippen LogP contribution < -0.4 is 15.0 Å². The molecule has 1 aromatic rings. The van der Waals surface area contributed by atoms with E-state index in [4.69, 9.17) is 4.74 Å². The second kappa shape index (κ2) is 8.28. The van der Waals surface area contributed by atoms with Crippen LogP contribution in [0, 0.1) is 5.92 Å². The van der Waals surface area contributed by atoms with Gasteiger partial charge in [0.25, 0.3) is 0 Å². The average molecular weight is 290 g/mol. The number of hydrogen-bond acceptors (Lipinski definition) is 3. The standard InChI is InChI=1S/C18H30N2O/c1-15(2)9-10-19-14-16-7-8-17(18(13-16)21-3)20-11-5-4-6-12-20/h7-8,13,15,19H,4-6,9-12,14H2,1-3H3. The summed E-state index contributed by atoms with van der Waals surface area (Å²) in [6, 6.07) is 6.64. The number of benzene rings is 1. The molecule has 0 bridgehead atoms. The molecule has 3 heteroatoms. The largest absolute Gasteiger partial charge is 0.495 e. The van der Waals surface area contributed by atoms with Gasteiger partial charge in [0, 0.05) is 19.6 Å². The van der Waals surface area contributed by atoms with Crippen molar-refractivity contribution in [3.63, 3.8) is 0 Å². The first kappa shape index (κ1) is 16.2. The van der Waals surface area contributed by atoms with Crippen molar-refractivity contribution >= 4 is 5.69 Å². The third kappa shape index (κ3) is 4.92. The minimum atomic E-state index is 0.758. The maximum atomic E-state index is 5.61. The topological polar surface area (TPSA) is 24.5 Å². The minimum absolute atomic E-state index is 0.758. The van der Waals surface area contributed by atoms with E-state index in [1.165, 1.54) is 36.9 Å². The highest BCUT2D eigenvalue weighted by molar-refractivity contribution is 5.60. The van der Waals surface area contributed by atoms with Crippen molar-refractivity contribution in [2.45, 2.75) is 46.1 Å². The lowest BCUT2D eigenvalue weighted by atomic mass is 10.1. The van der Waals surface area contributed by atoms with Crippen molar-refractivity contribution in [1.29, 1.82) is 0 Å². The summed E-state index contributed by atoms with van der Waals surface area (Å²) in [5, 5.41) is 3.51. The first-order valence-corrected chi connectivity index (χ1v) is 8.33. The van der Waals surface area contributed by atoms with Gasteiger partial charge in [-0.15, -0.1) is 0 Å². The summed E-state index contributed by atoms with van der Waals surface area (Å²) in [6.07, 6.45) is 5.17. The van der Waals surface area contributed by atoms with Crippen LogP contribution in [-0.2, 0) is 6.54 Å². The SMILES string of the molecule is COc1cc(CNCCC(C)C)ccc1N1CCCCC1. The quantitative estimate of drug-likeness (QED) is 0.773. The summed E-state index contributed by atoms with van der Waals surface area (Å²) in [5.74, 6) is 1.77. The normalized spacial score (nSPS) is 15.5. The zero-order valence-corrected chi connectivity index (χ0v) is 13.8. The summed E-state index contributed by atoms with van der Waals surface area (Å²) in [5.41, 5.74) is 2.56. The highest BCUT2D eigenvalue weighted by atomic mass is 16.5. The number of methoxy groups -OCH3 is 1. The lowest BCUT2D eigenvalue weighted by molar-refractivity contribution is 0.411. The van der Waals surface area contributed by atoms with Crippen LogP contribution in [0.4, 0.5) is 5.69 Å². The van der Waals surface area contributed by atoms with Gasteiger partial charge in [-0.3, -0.25) is 0 Å². The molecule has 1 heterocycles. The van der Waals surface area contributed by atoms with E-state index in [0.29, 0.717) is 0 Å². The third-order valence-electron chi connectivity index (χ3n) is 4.17. The lowest BCUT2D eigenvalue weighted by Crippen LogP contribution is -2.29. The van der Waals surface area contributed by atoms with Gasteiger partial charge in [-0.2, -0.15) is 0 Å². The zero-order valence-electron chi connectivity index (χ0n) is 13.8. The molecular formula is C18H30N2O. The van der Waals surface area contributed by atoms with Gasteiger partial charge >= 0.3 is 0 Å². The highest BCUT2D eigenvalue weighted by Crippen LogP contribution is 2.31. The Bertz CT molecular complexity index is 425. The van der Waals surface area contributed by atoms with Crippen molar-refractivity contribution in [3.05, 3.63) is 23.8 Å². The zero-order chi connectivity index (χ0) is 15.1. The van der Waals surface area contributed by atoms with Gasteiger partial charge in [-0.1, -0.05) is 19.9 Å². The van der Waals surface area contributed by atoms with Gasteiger partial charge in [0.1, 0.15) is 5.75 Å². The van der Waals surface area contributed by atoms with Gasteiger partial charge in [-0.05, 0) is 55.8 Å². The molecule has 3 nitrogen and oxygen atoms in total. The van der Waals surface area contributed by atoms with E-state index in [1.807, 2.05) is 0 Å². The number of nitrogens with zero attached hydrogens (tertiary/aromatic N) is 1.